The molecule has 2 rings (SSSR count). The molecule has 1 saturated heterocycles. The fraction of sp³-hybridized carbons (Fsp3) is 0.500. The number of amides is 1. The summed E-state index contributed by atoms with van der Waals surface area (Å²) in [7, 11) is 1.58. The van der Waals surface area contributed by atoms with Gasteiger partial charge in [0.2, 0.25) is 0 Å². The number of hydrogen-bond donors (Lipinski definition) is 1. The van der Waals surface area contributed by atoms with E-state index in [0.717, 1.165) is 5.56 Å². The molecule has 0 saturated carbocycles. The van der Waals surface area contributed by atoms with Gasteiger partial charge in [-0.2, -0.15) is 0 Å². The number of nitrogens with one attached hydrogen (secondary N) is 1. The molecule has 0 aromatic heterocycles. The number of halogens is 1. The highest BCUT2D eigenvalue weighted by atomic mass is 19.1. The summed E-state index contributed by atoms with van der Waals surface area (Å²) >= 11 is 0. The molecule has 4 nitrogen and oxygen atoms in total. The molecule has 2 atom stereocenters. The Kier molecular flexibility index (Phi) is 4.74. The van der Waals surface area contributed by atoms with Crippen molar-refractivity contribution in [2.75, 3.05) is 20.1 Å². The van der Waals surface area contributed by atoms with Crippen LogP contribution in [-0.2, 0) is 11.3 Å². The van der Waals surface area contributed by atoms with Crippen molar-refractivity contribution in [1.82, 2.24) is 10.2 Å². The van der Waals surface area contributed by atoms with Gasteiger partial charge in [0.15, 0.2) is 0 Å². The van der Waals surface area contributed by atoms with Gasteiger partial charge in [-0.25, -0.2) is 9.18 Å². The van der Waals surface area contributed by atoms with Gasteiger partial charge in [0.25, 0.3) is 0 Å². The van der Waals surface area contributed by atoms with Crippen LogP contribution in [0.5, 0.6) is 0 Å². The predicted octanol–water partition coefficient (Wildman–Crippen LogP) is 1.96. The molecule has 1 aromatic carbocycles. The zero-order valence-electron chi connectivity index (χ0n) is 11.0. The van der Waals surface area contributed by atoms with Gasteiger partial charge in [-0.05, 0) is 18.5 Å². The third-order valence-electron chi connectivity index (χ3n) is 3.36. The summed E-state index contributed by atoms with van der Waals surface area (Å²) in [4.78, 5) is 13.2. The van der Waals surface area contributed by atoms with Crippen LogP contribution in [0.2, 0.25) is 0 Å². The van der Waals surface area contributed by atoms with Gasteiger partial charge in [0, 0.05) is 13.6 Å². The Labute approximate surface area is 112 Å². The number of nitrogens with zero attached hydrogens (tertiary/aromatic N) is 1. The molecular formula is C14H19FN2O2. The summed E-state index contributed by atoms with van der Waals surface area (Å²) in [5, 5.41) is 3.09. The summed E-state index contributed by atoms with van der Waals surface area (Å²) in [5.74, 6) is 0. The Morgan fingerprint density at radius 1 is 1.47 bits per heavy atom. The van der Waals surface area contributed by atoms with Crippen LogP contribution in [-0.4, -0.2) is 43.3 Å². The molecule has 1 aliphatic rings. The highest BCUT2D eigenvalue weighted by molar-refractivity contribution is 5.67. The van der Waals surface area contributed by atoms with Crippen LogP contribution < -0.4 is 5.32 Å². The molecule has 5 heteroatoms. The van der Waals surface area contributed by atoms with E-state index in [1.54, 1.807) is 7.05 Å². The van der Waals surface area contributed by atoms with Gasteiger partial charge in [0.05, 0.1) is 6.04 Å². The summed E-state index contributed by atoms with van der Waals surface area (Å²) in [6.07, 6.45) is -1.04. The maximum absolute atomic E-state index is 13.7. The molecule has 1 heterocycles. The van der Waals surface area contributed by atoms with Gasteiger partial charge in [0.1, 0.15) is 12.8 Å². The normalized spacial score (nSPS) is 22.8. The Morgan fingerprint density at radius 2 is 2.21 bits per heavy atom. The van der Waals surface area contributed by atoms with E-state index >= 15 is 0 Å². The third kappa shape index (κ3) is 3.67. The van der Waals surface area contributed by atoms with Gasteiger partial charge in [-0.15, -0.1) is 0 Å². The fourth-order valence-corrected chi connectivity index (χ4v) is 2.15. The molecular weight excluding hydrogens is 247 g/mol. The molecule has 0 spiro atoms. The topological polar surface area (TPSA) is 41.6 Å². The SMILES string of the molecule is CN(C(=O)OCc1ccccc1)[C@H]1CNCC[C@H]1F. The number of hydrogen-bond acceptors (Lipinski definition) is 3. The number of carbonyl (C=O) groups excluding carboxylic acids is 1. The van der Waals surface area contributed by atoms with Crippen LogP contribution in [0.4, 0.5) is 9.18 Å². The highest BCUT2D eigenvalue weighted by Crippen LogP contribution is 2.14. The first kappa shape index (κ1) is 13.8. The van der Waals surface area contributed by atoms with Crippen molar-refractivity contribution in [2.24, 2.45) is 0 Å². The minimum atomic E-state index is -0.990. The van der Waals surface area contributed by atoms with Crippen molar-refractivity contribution < 1.29 is 13.9 Å². The maximum atomic E-state index is 13.7. The van der Waals surface area contributed by atoms with E-state index in [1.807, 2.05) is 30.3 Å². The fourth-order valence-electron chi connectivity index (χ4n) is 2.15. The van der Waals surface area contributed by atoms with Crippen LogP contribution >= 0.6 is 0 Å². The van der Waals surface area contributed by atoms with Crippen molar-refractivity contribution in [1.29, 1.82) is 0 Å². The molecule has 1 aliphatic heterocycles. The van der Waals surface area contributed by atoms with Crippen molar-refractivity contribution in [3.8, 4) is 0 Å². The van der Waals surface area contributed by atoms with Gasteiger partial charge < -0.3 is 15.0 Å². The number of carbonyl (C=O) groups is 1. The molecule has 0 unspecified atom stereocenters. The van der Waals surface area contributed by atoms with Crippen molar-refractivity contribution >= 4 is 6.09 Å². The number of likely N-dealkylation sites (N-methyl/N-ethyl adjacent to an activating group) is 1. The van der Waals surface area contributed by atoms with Crippen LogP contribution in [0.15, 0.2) is 30.3 Å². The zero-order chi connectivity index (χ0) is 13.7. The van der Waals surface area contributed by atoms with Gasteiger partial charge in [-0.1, -0.05) is 30.3 Å². The maximum Gasteiger partial charge on any atom is 0.410 e. The first-order chi connectivity index (χ1) is 9.18. The summed E-state index contributed by atoms with van der Waals surface area (Å²) < 4.78 is 18.9. The van der Waals surface area contributed by atoms with Crippen LogP contribution in [0.25, 0.3) is 0 Å². The lowest BCUT2D eigenvalue weighted by molar-refractivity contribution is 0.0613. The second-order valence-electron chi connectivity index (χ2n) is 4.73. The molecule has 0 bridgehead atoms. The largest absolute Gasteiger partial charge is 0.445 e. The molecule has 1 N–H and O–H groups in total. The number of piperidine rings is 1. The molecule has 0 radical (unpaired) electrons. The van der Waals surface area contributed by atoms with E-state index in [4.69, 9.17) is 4.74 Å². The molecule has 1 fully saturated rings. The molecule has 104 valence electrons. The molecule has 0 aliphatic carbocycles. The molecule has 1 aromatic rings. The van der Waals surface area contributed by atoms with E-state index in [9.17, 15) is 9.18 Å². The van der Waals surface area contributed by atoms with Crippen LogP contribution in [0.1, 0.15) is 12.0 Å². The smallest absolute Gasteiger partial charge is 0.410 e. The number of ether oxygens (including phenoxy) is 1. The second kappa shape index (κ2) is 6.52. The van der Waals surface area contributed by atoms with E-state index in [1.165, 1.54) is 4.90 Å². The second-order valence-corrected chi connectivity index (χ2v) is 4.73. The lowest BCUT2D eigenvalue weighted by atomic mass is 10.0. The number of benzene rings is 1. The number of alkyl halides is 1. The first-order valence-corrected chi connectivity index (χ1v) is 6.47. The standard InChI is InChI=1S/C14H19FN2O2/c1-17(13-9-16-8-7-12(13)15)14(18)19-10-11-5-3-2-4-6-11/h2-6,12-13,16H,7-10H2,1H3/t12-,13+/m1/s1. The van der Waals surface area contributed by atoms with E-state index < -0.39 is 18.3 Å². The lowest BCUT2D eigenvalue weighted by Gasteiger charge is -2.33. The predicted molar refractivity (Wildman–Crippen MR) is 70.6 cm³/mol. The van der Waals surface area contributed by atoms with E-state index in [2.05, 4.69) is 5.32 Å². The number of rotatable bonds is 3. The monoisotopic (exact) mass is 266 g/mol. The average molecular weight is 266 g/mol. The summed E-state index contributed by atoms with van der Waals surface area (Å²) in [6, 6.07) is 8.99. The highest BCUT2D eigenvalue weighted by Gasteiger charge is 2.31. The summed E-state index contributed by atoms with van der Waals surface area (Å²) in [5.41, 5.74) is 0.919. The lowest BCUT2D eigenvalue weighted by Crippen LogP contribution is -2.53. The van der Waals surface area contributed by atoms with E-state index in [-0.39, 0.29) is 6.61 Å². The van der Waals surface area contributed by atoms with E-state index in [0.29, 0.717) is 19.5 Å². The first-order valence-electron chi connectivity index (χ1n) is 6.47. The Balaban J connectivity index is 1.85. The van der Waals surface area contributed by atoms with Crippen LogP contribution in [0.3, 0.4) is 0 Å². The van der Waals surface area contributed by atoms with Gasteiger partial charge in [-0.3, -0.25) is 0 Å². The minimum absolute atomic E-state index is 0.209. The van der Waals surface area contributed by atoms with Crippen molar-refractivity contribution in [3.63, 3.8) is 0 Å². The Bertz CT molecular complexity index is 413. The van der Waals surface area contributed by atoms with Crippen LogP contribution in [0, 0.1) is 0 Å². The Hall–Kier alpha value is -1.62. The van der Waals surface area contributed by atoms with Crippen molar-refractivity contribution in [2.45, 2.75) is 25.2 Å². The van der Waals surface area contributed by atoms with Crippen molar-refractivity contribution in [3.05, 3.63) is 35.9 Å². The summed E-state index contributed by atoms with van der Waals surface area (Å²) in [6.45, 7) is 1.34. The quantitative estimate of drug-likeness (QED) is 0.909. The third-order valence-corrected chi connectivity index (χ3v) is 3.36. The van der Waals surface area contributed by atoms with Gasteiger partial charge >= 0.3 is 6.09 Å². The molecule has 1 amide bonds. The zero-order valence-corrected chi connectivity index (χ0v) is 11.0. The minimum Gasteiger partial charge on any atom is -0.445 e. The molecule has 19 heavy (non-hydrogen) atoms. The Morgan fingerprint density at radius 3 is 2.89 bits per heavy atom. The average Bonchev–Trinajstić information content (AvgIpc) is 2.45.